The molecule has 3 heterocycles. The molecule has 0 spiro atoms. The molecule has 2 N–H and O–H groups in total. The number of nitrogens with one attached hydrogen (secondary N) is 2. The topological polar surface area (TPSA) is 72.0 Å². The summed E-state index contributed by atoms with van der Waals surface area (Å²) in [5.41, 5.74) is 2.37. The van der Waals surface area contributed by atoms with E-state index in [2.05, 4.69) is 30.3 Å². The van der Waals surface area contributed by atoms with Crippen LogP contribution in [0.2, 0.25) is 5.02 Å². The third-order valence-electron chi connectivity index (χ3n) is 3.93. The first-order valence-corrected chi connectivity index (χ1v) is 10.1. The van der Waals surface area contributed by atoms with Gasteiger partial charge >= 0.3 is 6.36 Å². The first kappa shape index (κ1) is 20.9. The number of hydrogen-bond acceptors (Lipinski definition) is 7. The number of pyridine rings is 1. The largest absolute Gasteiger partial charge is 0.573 e. The highest BCUT2D eigenvalue weighted by Crippen LogP contribution is 2.29. The number of anilines is 4. The number of nitrogens with zero attached hydrogens (tertiary/aromatic N) is 3. The SMILES string of the molecule is FC(F)(F)Oc1cccc(Nc2nc(Nc3ccc(-c4ccsc4)cn3)ncc2Cl)c1. The van der Waals surface area contributed by atoms with Crippen molar-refractivity contribution in [2.24, 2.45) is 0 Å². The second-order valence-electron chi connectivity index (χ2n) is 6.16. The summed E-state index contributed by atoms with van der Waals surface area (Å²) in [7, 11) is 0. The van der Waals surface area contributed by atoms with E-state index < -0.39 is 6.36 Å². The van der Waals surface area contributed by atoms with Gasteiger partial charge in [0.15, 0.2) is 5.82 Å². The molecule has 0 saturated heterocycles. The molecular formula is C20H13ClF3N5OS. The van der Waals surface area contributed by atoms with Gasteiger partial charge < -0.3 is 15.4 Å². The minimum Gasteiger partial charge on any atom is -0.406 e. The predicted octanol–water partition coefficient (Wildman–Crippen LogP) is 6.64. The minimum atomic E-state index is -4.78. The summed E-state index contributed by atoms with van der Waals surface area (Å²) in [5, 5.41) is 10.0. The Balaban J connectivity index is 1.49. The standard InChI is InChI=1S/C20H13ClF3N5OS/c21-16-10-26-19(28-17-5-4-12(9-25-17)13-6-7-31-11-13)29-18(16)27-14-2-1-3-15(8-14)30-20(22,23)24/h1-11H,(H2,25,26,27,28,29). The second-order valence-corrected chi connectivity index (χ2v) is 7.35. The molecular weight excluding hydrogens is 451 g/mol. The van der Waals surface area contributed by atoms with Crippen molar-refractivity contribution in [3.8, 4) is 16.9 Å². The van der Waals surface area contributed by atoms with Crippen molar-refractivity contribution in [3.63, 3.8) is 0 Å². The first-order valence-electron chi connectivity index (χ1n) is 8.77. The van der Waals surface area contributed by atoms with Gasteiger partial charge in [-0.05, 0) is 46.7 Å². The van der Waals surface area contributed by atoms with E-state index in [1.54, 1.807) is 29.7 Å². The van der Waals surface area contributed by atoms with Gasteiger partial charge in [0.1, 0.15) is 16.6 Å². The van der Waals surface area contributed by atoms with Crippen molar-refractivity contribution >= 4 is 46.2 Å². The molecule has 0 saturated carbocycles. The van der Waals surface area contributed by atoms with Gasteiger partial charge in [-0.25, -0.2) is 9.97 Å². The Morgan fingerprint density at radius 1 is 0.968 bits per heavy atom. The molecule has 3 aromatic heterocycles. The van der Waals surface area contributed by atoms with Crippen LogP contribution in [-0.2, 0) is 0 Å². The Morgan fingerprint density at radius 3 is 2.55 bits per heavy atom. The van der Waals surface area contributed by atoms with Crippen LogP contribution in [0.5, 0.6) is 5.75 Å². The van der Waals surface area contributed by atoms with Crippen LogP contribution in [0.4, 0.5) is 36.4 Å². The molecule has 11 heteroatoms. The smallest absolute Gasteiger partial charge is 0.406 e. The van der Waals surface area contributed by atoms with Crippen LogP contribution in [0.25, 0.3) is 11.1 Å². The number of alkyl halides is 3. The van der Waals surface area contributed by atoms with Crippen LogP contribution in [0.3, 0.4) is 0 Å². The Hall–Kier alpha value is -3.37. The average molecular weight is 464 g/mol. The van der Waals surface area contributed by atoms with E-state index in [1.165, 1.54) is 24.4 Å². The van der Waals surface area contributed by atoms with Gasteiger partial charge in [0.25, 0.3) is 0 Å². The Kier molecular flexibility index (Phi) is 5.92. The number of halogens is 4. The number of benzene rings is 1. The first-order chi connectivity index (χ1) is 14.9. The summed E-state index contributed by atoms with van der Waals surface area (Å²) in [5.74, 6) is 0.576. The summed E-state index contributed by atoms with van der Waals surface area (Å²) in [4.78, 5) is 12.7. The van der Waals surface area contributed by atoms with Gasteiger partial charge in [-0.1, -0.05) is 17.7 Å². The van der Waals surface area contributed by atoms with Gasteiger partial charge in [0.05, 0.1) is 6.20 Å². The number of ether oxygens (including phenoxy) is 1. The van der Waals surface area contributed by atoms with Crippen molar-refractivity contribution in [1.82, 2.24) is 15.0 Å². The van der Waals surface area contributed by atoms with Gasteiger partial charge in [-0.2, -0.15) is 16.3 Å². The molecule has 0 amide bonds. The number of aromatic nitrogens is 3. The fourth-order valence-corrected chi connectivity index (χ4v) is 3.41. The molecule has 0 bridgehead atoms. The zero-order valence-corrected chi connectivity index (χ0v) is 17.1. The number of hydrogen-bond donors (Lipinski definition) is 2. The fourth-order valence-electron chi connectivity index (χ4n) is 2.60. The average Bonchev–Trinajstić information content (AvgIpc) is 3.25. The monoisotopic (exact) mass is 463 g/mol. The third-order valence-corrected chi connectivity index (χ3v) is 4.89. The highest BCUT2D eigenvalue weighted by atomic mass is 35.5. The normalized spacial score (nSPS) is 11.2. The Labute approximate surface area is 183 Å². The molecule has 0 radical (unpaired) electrons. The van der Waals surface area contributed by atoms with E-state index in [4.69, 9.17) is 11.6 Å². The van der Waals surface area contributed by atoms with Gasteiger partial charge in [-0.15, -0.1) is 13.2 Å². The minimum absolute atomic E-state index is 0.188. The highest BCUT2D eigenvalue weighted by Gasteiger charge is 2.31. The maximum atomic E-state index is 12.4. The summed E-state index contributed by atoms with van der Waals surface area (Å²) < 4.78 is 41.2. The Bertz CT molecular complexity index is 1170. The van der Waals surface area contributed by atoms with E-state index in [9.17, 15) is 13.2 Å². The summed E-state index contributed by atoms with van der Waals surface area (Å²) in [6.45, 7) is 0. The molecule has 4 rings (SSSR count). The molecule has 1 aromatic carbocycles. The molecule has 4 aromatic rings. The van der Waals surface area contributed by atoms with Gasteiger partial charge in [0, 0.05) is 23.5 Å². The van der Waals surface area contributed by atoms with Crippen LogP contribution in [0.1, 0.15) is 0 Å². The maximum Gasteiger partial charge on any atom is 0.573 e. The maximum absolute atomic E-state index is 12.4. The van der Waals surface area contributed by atoms with Crippen LogP contribution in [0, 0.1) is 0 Å². The lowest BCUT2D eigenvalue weighted by Crippen LogP contribution is -2.17. The van der Waals surface area contributed by atoms with Crippen molar-refractivity contribution in [3.05, 3.63) is 70.6 Å². The lowest BCUT2D eigenvalue weighted by atomic mass is 10.1. The summed E-state index contributed by atoms with van der Waals surface area (Å²) in [6, 6.07) is 11.1. The fraction of sp³-hybridized carbons (Fsp3) is 0.0500. The molecule has 0 aliphatic rings. The van der Waals surface area contributed by atoms with Crippen LogP contribution in [0.15, 0.2) is 65.6 Å². The molecule has 6 nitrogen and oxygen atoms in total. The summed E-state index contributed by atoms with van der Waals surface area (Å²) >= 11 is 7.73. The van der Waals surface area contributed by atoms with Crippen molar-refractivity contribution in [1.29, 1.82) is 0 Å². The summed E-state index contributed by atoms with van der Waals surface area (Å²) in [6.07, 6.45) is -1.69. The molecule has 0 aliphatic carbocycles. The predicted molar refractivity (Wildman–Crippen MR) is 114 cm³/mol. The zero-order valence-electron chi connectivity index (χ0n) is 15.5. The lowest BCUT2D eigenvalue weighted by molar-refractivity contribution is -0.274. The van der Waals surface area contributed by atoms with E-state index in [0.29, 0.717) is 11.5 Å². The quantitative estimate of drug-likeness (QED) is 0.334. The highest BCUT2D eigenvalue weighted by molar-refractivity contribution is 7.08. The van der Waals surface area contributed by atoms with E-state index >= 15 is 0 Å². The number of rotatable bonds is 6. The third kappa shape index (κ3) is 5.62. The van der Waals surface area contributed by atoms with Crippen molar-refractivity contribution in [2.45, 2.75) is 6.36 Å². The molecule has 0 unspecified atom stereocenters. The van der Waals surface area contributed by atoms with Crippen molar-refractivity contribution in [2.75, 3.05) is 10.6 Å². The van der Waals surface area contributed by atoms with E-state index in [0.717, 1.165) is 11.1 Å². The van der Waals surface area contributed by atoms with E-state index in [1.807, 2.05) is 22.9 Å². The molecule has 158 valence electrons. The Morgan fingerprint density at radius 2 is 1.84 bits per heavy atom. The lowest BCUT2D eigenvalue weighted by Gasteiger charge is -2.12. The van der Waals surface area contributed by atoms with Gasteiger partial charge in [0.2, 0.25) is 5.95 Å². The molecule has 0 atom stereocenters. The second kappa shape index (κ2) is 8.78. The van der Waals surface area contributed by atoms with Crippen LogP contribution >= 0.6 is 22.9 Å². The van der Waals surface area contributed by atoms with Gasteiger partial charge in [-0.3, -0.25) is 0 Å². The van der Waals surface area contributed by atoms with Crippen LogP contribution < -0.4 is 15.4 Å². The zero-order chi connectivity index (χ0) is 21.8. The molecule has 0 fully saturated rings. The van der Waals surface area contributed by atoms with Crippen molar-refractivity contribution < 1.29 is 17.9 Å². The number of thiophene rings is 1. The molecule has 31 heavy (non-hydrogen) atoms. The van der Waals surface area contributed by atoms with E-state index in [-0.39, 0.29) is 22.5 Å². The molecule has 0 aliphatic heterocycles. The van der Waals surface area contributed by atoms with Crippen LogP contribution in [-0.4, -0.2) is 21.3 Å².